The van der Waals surface area contributed by atoms with Gasteiger partial charge < -0.3 is 8.83 Å². The first kappa shape index (κ1) is 12.2. The summed E-state index contributed by atoms with van der Waals surface area (Å²) in [5, 5.41) is 8.06. The van der Waals surface area contributed by atoms with E-state index < -0.39 is 0 Å². The number of nitrogens with zero attached hydrogens (tertiary/aromatic N) is 2. The van der Waals surface area contributed by atoms with Crippen molar-refractivity contribution in [3.63, 3.8) is 0 Å². The van der Waals surface area contributed by atoms with Crippen LogP contribution in [-0.4, -0.2) is 16.1 Å². The van der Waals surface area contributed by atoms with Crippen LogP contribution in [0.25, 0.3) is 11.5 Å². The van der Waals surface area contributed by atoms with Crippen molar-refractivity contribution in [1.29, 1.82) is 0 Å². The Morgan fingerprint density at radius 2 is 1.82 bits per heavy atom. The smallest absolute Gasteiger partial charge is 0.251 e. The molecule has 2 rings (SSSR count). The first-order valence-corrected chi connectivity index (χ1v) is 6.12. The third kappa shape index (κ3) is 2.36. The molecule has 4 nitrogen and oxygen atoms in total. The lowest BCUT2D eigenvalue weighted by molar-refractivity contribution is 0.491. The average molecular weight is 255 g/mol. The Labute approximate surface area is 105 Å². The highest BCUT2D eigenvalue weighted by Crippen LogP contribution is 2.30. The minimum absolute atomic E-state index is 0.529. The fourth-order valence-electron chi connectivity index (χ4n) is 1.78. The summed E-state index contributed by atoms with van der Waals surface area (Å²) in [6.45, 7) is 5.82. The zero-order valence-electron chi connectivity index (χ0n) is 10.2. The fraction of sp³-hybridized carbons (Fsp3) is 0.500. The molecule has 0 aliphatic rings. The summed E-state index contributed by atoms with van der Waals surface area (Å²) in [4.78, 5) is 0. The molecule has 0 aliphatic carbocycles. The van der Waals surface area contributed by atoms with Crippen molar-refractivity contribution in [2.75, 3.05) is 5.88 Å². The molecule has 0 amide bonds. The summed E-state index contributed by atoms with van der Waals surface area (Å²) in [6, 6.07) is 0. The van der Waals surface area contributed by atoms with Gasteiger partial charge in [0.2, 0.25) is 5.89 Å². The quantitative estimate of drug-likeness (QED) is 0.785. The molecule has 0 bridgehead atoms. The molecule has 92 valence electrons. The zero-order chi connectivity index (χ0) is 12.4. The molecule has 2 heterocycles. The summed E-state index contributed by atoms with van der Waals surface area (Å²) >= 11 is 5.62. The summed E-state index contributed by atoms with van der Waals surface area (Å²) < 4.78 is 11.1. The molecule has 0 aromatic carbocycles. The minimum Gasteiger partial charge on any atom is -0.466 e. The molecular formula is C12H15ClN2O2. The molecule has 0 unspecified atom stereocenters. The standard InChI is InChI=1S/C12H15ClN2O2/c1-7-8(2)16-9(3)11(7)12-15-14-10(17-12)5-4-6-13/h4-6H2,1-3H3. The third-order valence-corrected chi connectivity index (χ3v) is 3.03. The molecule has 17 heavy (non-hydrogen) atoms. The number of halogens is 1. The molecule has 0 atom stereocenters. The SMILES string of the molecule is Cc1oc(C)c(-c2nnc(CCCCl)o2)c1C. The molecular weight excluding hydrogens is 240 g/mol. The maximum absolute atomic E-state index is 5.62. The van der Waals surface area contributed by atoms with Gasteiger partial charge in [-0.3, -0.25) is 0 Å². The normalized spacial score (nSPS) is 11.1. The number of alkyl halides is 1. The van der Waals surface area contributed by atoms with Crippen LogP contribution in [0, 0.1) is 20.8 Å². The van der Waals surface area contributed by atoms with E-state index in [4.69, 9.17) is 20.4 Å². The van der Waals surface area contributed by atoms with E-state index in [-0.39, 0.29) is 0 Å². The van der Waals surface area contributed by atoms with Gasteiger partial charge >= 0.3 is 0 Å². The Hall–Kier alpha value is -1.29. The number of furan rings is 1. The average Bonchev–Trinajstić information content (AvgIpc) is 2.83. The van der Waals surface area contributed by atoms with Crippen LogP contribution in [0.1, 0.15) is 29.4 Å². The van der Waals surface area contributed by atoms with Crippen LogP contribution in [0.5, 0.6) is 0 Å². The van der Waals surface area contributed by atoms with Gasteiger partial charge in [-0.15, -0.1) is 21.8 Å². The van der Waals surface area contributed by atoms with Crippen LogP contribution in [0.4, 0.5) is 0 Å². The Bertz CT molecular complexity index is 517. The minimum atomic E-state index is 0.529. The van der Waals surface area contributed by atoms with Gasteiger partial charge in [-0.2, -0.15) is 0 Å². The second-order valence-corrected chi connectivity index (χ2v) is 4.39. The van der Waals surface area contributed by atoms with Crippen LogP contribution >= 0.6 is 11.6 Å². The molecule has 0 fully saturated rings. The van der Waals surface area contributed by atoms with Gasteiger partial charge in [-0.1, -0.05) is 0 Å². The van der Waals surface area contributed by atoms with Gasteiger partial charge in [0.1, 0.15) is 11.5 Å². The van der Waals surface area contributed by atoms with E-state index >= 15 is 0 Å². The predicted molar refractivity (Wildman–Crippen MR) is 65.3 cm³/mol. The zero-order valence-corrected chi connectivity index (χ0v) is 11.0. The van der Waals surface area contributed by atoms with Crippen molar-refractivity contribution in [3.05, 3.63) is 23.0 Å². The van der Waals surface area contributed by atoms with Gasteiger partial charge in [0, 0.05) is 17.9 Å². The summed E-state index contributed by atoms with van der Waals surface area (Å²) in [7, 11) is 0. The van der Waals surface area contributed by atoms with Crippen molar-refractivity contribution >= 4 is 11.6 Å². The van der Waals surface area contributed by atoms with Gasteiger partial charge in [-0.05, 0) is 27.2 Å². The first-order chi connectivity index (χ1) is 8.13. The summed E-state index contributed by atoms with van der Waals surface area (Å²) in [6.07, 6.45) is 1.55. The van der Waals surface area contributed by atoms with Crippen LogP contribution < -0.4 is 0 Å². The van der Waals surface area contributed by atoms with Crippen molar-refractivity contribution < 1.29 is 8.83 Å². The Morgan fingerprint density at radius 1 is 1.06 bits per heavy atom. The molecule has 2 aromatic heterocycles. The molecule has 5 heteroatoms. The largest absolute Gasteiger partial charge is 0.466 e. The van der Waals surface area contributed by atoms with E-state index in [1.54, 1.807) is 0 Å². The van der Waals surface area contributed by atoms with Crippen LogP contribution in [0.3, 0.4) is 0 Å². The number of aryl methyl sites for hydroxylation is 3. The Kier molecular flexibility index (Phi) is 3.52. The van der Waals surface area contributed by atoms with Gasteiger partial charge in [-0.25, -0.2) is 0 Å². The fourth-order valence-corrected chi connectivity index (χ4v) is 1.92. The van der Waals surface area contributed by atoms with Crippen LogP contribution in [0.2, 0.25) is 0 Å². The van der Waals surface area contributed by atoms with Crippen molar-refractivity contribution in [2.24, 2.45) is 0 Å². The highest BCUT2D eigenvalue weighted by atomic mass is 35.5. The lowest BCUT2D eigenvalue weighted by atomic mass is 10.1. The van der Waals surface area contributed by atoms with E-state index in [2.05, 4.69) is 10.2 Å². The van der Waals surface area contributed by atoms with Gasteiger partial charge in [0.05, 0.1) is 5.56 Å². The second kappa shape index (κ2) is 4.92. The van der Waals surface area contributed by atoms with E-state index in [1.165, 1.54) is 0 Å². The van der Waals surface area contributed by atoms with Gasteiger partial charge in [0.25, 0.3) is 5.89 Å². The highest BCUT2D eigenvalue weighted by Gasteiger charge is 2.18. The van der Waals surface area contributed by atoms with Crippen LogP contribution in [0.15, 0.2) is 8.83 Å². The lowest BCUT2D eigenvalue weighted by Crippen LogP contribution is -1.85. The molecule has 0 aliphatic heterocycles. The van der Waals surface area contributed by atoms with E-state index in [0.717, 1.165) is 29.1 Å². The second-order valence-electron chi connectivity index (χ2n) is 4.01. The third-order valence-electron chi connectivity index (χ3n) is 2.77. The number of rotatable bonds is 4. The summed E-state index contributed by atoms with van der Waals surface area (Å²) in [5.41, 5.74) is 1.96. The maximum Gasteiger partial charge on any atom is 0.251 e. The first-order valence-electron chi connectivity index (χ1n) is 5.58. The topological polar surface area (TPSA) is 52.1 Å². The summed E-state index contributed by atoms with van der Waals surface area (Å²) in [5.74, 6) is 3.45. The van der Waals surface area contributed by atoms with Crippen molar-refractivity contribution in [2.45, 2.75) is 33.6 Å². The predicted octanol–water partition coefficient (Wildman–Crippen LogP) is 3.43. The molecule has 0 radical (unpaired) electrons. The number of aromatic nitrogens is 2. The van der Waals surface area contributed by atoms with Gasteiger partial charge in [0.15, 0.2) is 0 Å². The number of hydrogen-bond donors (Lipinski definition) is 0. The van der Waals surface area contributed by atoms with E-state index in [0.29, 0.717) is 24.1 Å². The Morgan fingerprint density at radius 3 is 2.41 bits per heavy atom. The molecule has 0 saturated carbocycles. The molecule has 0 spiro atoms. The lowest BCUT2D eigenvalue weighted by Gasteiger charge is -1.93. The highest BCUT2D eigenvalue weighted by molar-refractivity contribution is 6.17. The van der Waals surface area contributed by atoms with E-state index in [1.807, 2.05) is 20.8 Å². The monoisotopic (exact) mass is 254 g/mol. The molecule has 0 saturated heterocycles. The van der Waals surface area contributed by atoms with Crippen LogP contribution in [-0.2, 0) is 6.42 Å². The van der Waals surface area contributed by atoms with Crippen molar-refractivity contribution in [3.8, 4) is 11.5 Å². The molecule has 2 aromatic rings. The maximum atomic E-state index is 5.62. The number of hydrogen-bond acceptors (Lipinski definition) is 4. The van der Waals surface area contributed by atoms with E-state index in [9.17, 15) is 0 Å². The molecule has 0 N–H and O–H groups in total. The van der Waals surface area contributed by atoms with Crippen molar-refractivity contribution in [1.82, 2.24) is 10.2 Å². The Balaban J connectivity index is 2.30.